The van der Waals surface area contributed by atoms with Gasteiger partial charge in [0.15, 0.2) is 0 Å². The van der Waals surface area contributed by atoms with Gasteiger partial charge in [0.25, 0.3) is 0 Å². The minimum absolute atomic E-state index is 0.325. The van der Waals surface area contributed by atoms with Crippen molar-refractivity contribution in [2.75, 3.05) is 32.6 Å². The van der Waals surface area contributed by atoms with Crippen molar-refractivity contribution < 1.29 is 9.53 Å². The molecule has 0 aliphatic heterocycles. The van der Waals surface area contributed by atoms with Gasteiger partial charge in [-0.15, -0.1) is 0 Å². The van der Waals surface area contributed by atoms with E-state index in [2.05, 4.69) is 53.2 Å². The predicted molar refractivity (Wildman–Crippen MR) is 110 cm³/mol. The molecule has 0 heterocycles. The molecule has 0 aromatic rings. The minimum Gasteiger partial charge on any atom is -0.461 e. The van der Waals surface area contributed by atoms with E-state index in [1.54, 1.807) is 6.92 Å². The van der Waals surface area contributed by atoms with Gasteiger partial charge in [-0.2, -0.15) is 0 Å². The average molecular weight is 406 g/mol. The van der Waals surface area contributed by atoms with Crippen LogP contribution in [-0.2, 0) is 9.53 Å². The second-order valence-corrected chi connectivity index (χ2v) is 7.38. The third kappa shape index (κ3) is 23.9. The molecule has 0 spiro atoms. The SMILES string of the molecule is C=C(C)C(=O)OCCBr.CCCCCCCCCCCCN(C)C. The standard InChI is InChI=1S/C14H31N.C6H9BrO2/c1-4-5-6-7-8-9-10-11-12-13-14-15(2)3;1-5(2)6(8)9-4-3-7/h4-14H2,1-3H3;1,3-4H2,2H3. The van der Waals surface area contributed by atoms with Gasteiger partial charge in [0.1, 0.15) is 6.61 Å². The van der Waals surface area contributed by atoms with Crippen LogP contribution in [0.2, 0.25) is 0 Å². The first-order chi connectivity index (χ1) is 11.5. The van der Waals surface area contributed by atoms with Crippen LogP contribution < -0.4 is 0 Å². The van der Waals surface area contributed by atoms with Crippen molar-refractivity contribution in [3.05, 3.63) is 12.2 Å². The fourth-order valence-corrected chi connectivity index (χ4v) is 2.33. The normalized spacial score (nSPS) is 10.2. The Morgan fingerprint density at radius 2 is 1.42 bits per heavy atom. The maximum atomic E-state index is 10.6. The molecule has 0 saturated heterocycles. The number of carbonyl (C=O) groups excluding carboxylic acids is 1. The molecule has 0 unspecified atom stereocenters. The Balaban J connectivity index is 0. The summed E-state index contributed by atoms with van der Waals surface area (Å²) in [7, 11) is 4.32. The number of rotatable bonds is 14. The van der Waals surface area contributed by atoms with Gasteiger partial charge < -0.3 is 9.64 Å². The van der Waals surface area contributed by atoms with Crippen molar-refractivity contribution in [3.63, 3.8) is 0 Å². The first-order valence-corrected chi connectivity index (χ1v) is 10.6. The van der Waals surface area contributed by atoms with Crippen molar-refractivity contribution in [2.45, 2.75) is 78.1 Å². The lowest BCUT2D eigenvalue weighted by Crippen LogP contribution is -2.12. The summed E-state index contributed by atoms with van der Waals surface area (Å²) in [6.07, 6.45) is 14.4. The number of alkyl halides is 1. The van der Waals surface area contributed by atoms with E-state index in [1.807, 2.05) is 0 Å². The largest absolute Gasteiger partial charge is 0.461 e. The molecule has 0 radical (unpaired) electrons. The van der Waals surface area contributed by atoms with E-state index in [9.17, 15) is 4.79 Å². The molecule has 0 amide bonds. The second kappa shape index (κ2) is 20.7. The van der Waals surface area contributed by atoms with Crippen molar-refractivity contribution in [1.82, 2.24) is 4.90 Å². The first kappa shape index (κ1) is 25.9. The molecule has 0 aromatic heterocycles. The van der Waals surface area contributed by atoms with Gasteiger partial charge in [0, 0.05) is 10.9 Å². The van der Waals surface area contributed by atoms with Gasteiger partial charge >= 0.3 is 5.97 Å². The quantitative estimate of drug-likeness (QED) is 0.154. The molecule has 144 valence electrons. The lowest BCUT2D eigenvalue weighted by molar-refractivity contribution is -0.138. The number of hydrogen-bond acceptors (Lipinski definition) is 3. The average Bonchev–Trinajstić information content (AvgIpc) is 2.54. The van der Waals surface area contributed by atoms with Crippen molar-refractivity contribution in [1.29, 1.82) is 0 Å². The lowest BCUT2D eigenvalue weighted by atomic mass is 10.1. The number of hydrogen-bond donors (Lipinski definition) is 0. The van der Waals surface area contributed by atoms with Crippen LogP contribution in [0.5, 0.6) is 0 Å². The molecule has 0 aliphatic rings. The molecule has 0 rings (SSSR count). The third-order valence-electron chi connectivity index (χ3n) is 3.62. The Hall–Kier alpha value is -0.350. The molecular weight excluding hydrogens is 366 g/mol. The number of nitrogens with zero attached hydrogens (tertiary/aromatic N) is 1. The highest BCUT2D eigenvalue weighted by Crippen LogP contribution is 2.10. The summed E-state index contributed by atoms with van der Waals surface area (Å²) in [5, 5.41) is 0.673. The van der Waals surface area contributed by atoms with E-state index in [4.69, 9.17) is 0 Å². The maximum absolute atomic E-state index is 10.6. The monoisotopic (exact) mass is 405 g/mol. The molecule has 0 N–H and O–H groups in total. The fourth-order valence-electron chi connectivity index (χ4n) is 2.17. The zero-order valence-electron chi connectivity index (χ0n) is 16.5. The highest BCUT2D eigenvalue weighted by Gasteiger charge is 1.99. The number of esters is 1. The van der Waals surface area contributed by atoms with E-state index in [-0.39, 0.29) is 5.97 Å². The van der Waals surface area contributed by atoms with Crippen molar-refractivity contribution >= 4 is 21.9 Å². The smallest absolute Gasteiger partial charge is 0.333 e. The Labute approximate surface area is 159 Å². The molecule has 3 nitrogen and oxygen atoms in total. The zero-order chi connectivity index (χ0) is 18.6. The van der Waals surface area contributed by atoms with Crippen LogP contribution in [0.1, 0.15) is 78.1 Å². The lowest BCUT2D eigenvalue weighted by Gasteiger charge is -2.08. The van der Waals surface area contributed by atoms with Gasteiger partial charge in [0.2, 0.25) is 0 Å². The van der Waals surface area contributed by atoms with Crippen LogP contribution in [0.3, 0.4) is 0 Å². The summed E-state index contributed by atoms with van der Waals surface area (Å²) >= 11 is 3.12. The summed E-state index contributed by atoms with van der Waals surface area (Å²) < 4.78 is 4.67. The van der Waals surface area contributed by atoms with Crippen molar-refractivity contribution in [2.24, 2.45) is 0 Å². The van der Waals surface area contributed by atoms with Gasteiger partial charge in [-0.05, 0) is 34.0 Å². The van der Waals surface area contributed by atoms with E-state index in [0.717, 1.165) is 0 Å². The van der Waals surface area contributed by atoms with Crippen molar-refractivity contribution in [3.8, 4) is 0 Å². The molecule has 0 bridgehead atoms. The van der Waals surface area contributed by atoms with Crippen LogP contribution in [0, 0.1) is 0 Å². The highest BCUT2D eigenvalue weighted by molar-refractivity contribution is 9.09. The molecule has 4 heteroatoms. The Morgan fingerprint density at radius 1 is 0.958 bits per heavy atom. The molecule has 0 fully saturated rings. The molecular formula is C20H40BrNO2. The summed E-state index contributed by atoms with van der Waals surface area (Å²) in [5.74, 6) is -0.325. The van der Waals surface area contributed by atoms with Crippen LogP contribution in [-0.4, -0.2) is 43.4 Å². The molecule has 0 aliphatic carbocycles. The van der Waals surface area contributed by atoms with Crippen LogP contribution in [0.25, 0.3) is 0 Å². The number of unbranched alkanes of at least 4 members (excludes halogenated alkanes) is 9. The van der Waals surface area contributed by atoms with Gasteiger partial charge in [0.05, 0.1) is 0 Å². The molecule has 0 aromatic carbocycles. The van der Waals surface area contributed by atoms with E-state index in [1.165, 1.54) is 70.8 Å². The third-order valence-corrected chi connectivity index (χ3v) is 3.94. The minimum atomic E-state index is -0.325. The van der Waals surface area contributed by atoms with E-state index >= 15 is 0 Å². The first-order valence-electron chi connectivity index (χ1n) is 9.49. The predicted octanol–water partition coefficient (Wildman–Crippen LogP) is 5.97. The molecule has 0 atom stereocenters. The maximum Gasteiger partial charge on any atom is 0.333 e. The van der Waals surface area contributed by atoms with E-state index < -0.39 is 0 Å². The summed E-state index contributed by atoms with van der Waals surface area (Å²) in [6.45, 7) is 8.99. The van der Waals surface area contributed by atoms with Gasteiger partial charge in [-0.3, -0.25) is 0 Å². The second-order valence-electron chi connectivity index (χ2n) is 6.59. The topological polar surface area (TPSA) is 29.5 Å². The number of ether oxygens (including phenoxy) is 1. The molecule has 24 heavy (non-hydrogen) atoms. The highest BCUT2D eigenvalue weighted by atomic mass is 79.9. The zero-order valence-corrected chi connectivity index (χ0v) is 18.1. The Kier molecular flexibility index (Phi) is 22.3. The van der Waals surface area contributed by atoms with E-state index in [0.29, 0.717) is 17.5 Å². The van der Waals surface area contributed by atoms with Crippen LogP contribution >= 0.6 is 15.9 Å². The van der Waals surface area contributed by atoms with Crippen LogP contribution in [0.15, 0.2) is 12.2 Å². The van der Waals surface area contributed by atoms with Gasteiger partial charge in [-0.25, -0.2) is 4.79 Å². The Morgan fingerprint density at radius 3 is 1.79 bits per heavy atom. The summed E-state index contributed by atoms with van der Waals surface area (Å²) in [5.41, 5.74) is 0.441. The number of halogens is 1. The fraction of sp³-hybridized carbons (Fsp3) is 0.850. The summed E-state index contributed by atoms with van der Waals surface area (Å²) in [6, 6.07) is 0. The number of carbonyl (C=O) groups is 1. The summed E-state index contributed by atoms with van der Waals surface area (Å²) in [4.78, 5) is 12.8. The Bertz CT molecular complexity index is 293. The van der Waals surface area contributed by atoms with Gasteiger partial charge in [-0.1, -0.05) is 87.2 Å². The molecule has 0 saturated carbocycles. The van der Waals surface area contributed by atoms with Crippen LogP contribution in [0.4, 0.5) is 0 Å².